The number of aromatic nitrogens is 3. The number of halogens is 2. The number of nitrogens with zero attached hydrogens (tertiary/aromatic N) is 3. The normalized spacial score (nSPS) is 11.8. The van der Waals surface area contributed by atoms with E-state index in [2.05, 4.69) is 15.5 Å². The van der Waals surface area contributed by atoms with Gasteiger partial charge in [-0.2, -0.15) is 8.78 Å². The van der Waals surface area contributed by atoms with E-state index >= 15 is 0 Å². The molecule has 1 N–H and O–H groups in total. The van der Waals surface area contributed by atoms with Gasteiger partial charge in [0.05, 0.1) is 4.90 Å². The van der Waals surface area contributed by atoms with Crippen LogP contribution in [0.3, 0.4) is 0 Å². The maximum Gasteiger partial charge on any atom is 0.341 e. The average Bonchev–Trinajstić information content (AvgIpc) is 2.85. The third kappa shape index (κ3) is 3.54. The highest BCUT2D eigenvalue weighted by atomic mass is 32.2. The van der Waals surface area contributed by atoms with E-state index in [0.717, 1.165) is 18.0 Å². The van der Waals surface area contributed by atoms with Gasteiger partial charge in [-0.3, -0.25) is 0 Å². The molecule has 6 nitrogen and oxygen atoms in total. The first-order valence-electron chi connectivity index (χ1n) is 6.10. The number of alkyl halides is 2. The van der Waals surface area contributed by atoms with Crippen LogP contribution in [0.5, 0.6) is 0 Å². The molecule has 0 amide bonds. The monoisotopic (exact) mass is 316 g/mol. The maximum absolute atomic E-state index is 12.4. The number of sulfone groups is 1. The van der Waals surface area contributed by atoms with Crippen LogP contribution in [0.1, 0.15) is 5.82 Å². The van der Waals surface area contributed by atoms with Crippen molar-refractivity contribution in [3.8, 4) is 0 Å². The van der Waals surface area contributed by atoms with Gasteiger partial charge in [-0.15, -0.1) is 10.2 Å². The fourth-order valence-corrected chi connectivity index (χ4v) is 2.44. The lowest BCUT2D eigenvalue weighted by Crippen LogP contribution is -2.12. The van der Waals surface area contributed by atoms with E-state index in [1.807, 2.05) is 7.05 Å². The van der Waals surface area contributed by atoms with E-state index in [4.69, 9.17) is 0 Å². The molecule has 0 saturated heterocycles. The highest BCUT2D eigenvalue weighted by molar-refractivity contribution is 7.91. The molecule has 0 aliphatic carbocycles. The van der Waals surface area contributed by atoms with Crippen molar-refractivity contribution < 1.29 is 17.2 Å². The quantitative estimate of drug-likeness (QED) is 0.873. The lowest BCUT2D eigenvalue weighted by atomic mass is 10.3. The van der Waals surface area contributed by atoms with Gasteiger partial charge >= 0.3 is 5.76 Å². The second-order valence-corrected chi connectivity index (χ2v) is 6.28. The van der Waals surface area contributed by atoms with Crippen LogP contribution in [0.25, 0.3) is 0 Å². The maximum atomic E-state index is 12.4. The van der Waals surface area contributed by atoms with Crippen LogP contribution in [-0.4, -0.2) is 35.5 Å². The van der Waals surface area contributed by atoms with E-state index in [0.29, 0.717) is 18.7 Å². The first-order valence-corrected chi connectivity index (χ1v) is 7.65. The van der Waals surface area contributed by atoms with Crippen molar-refractivity contribution in [2.24, 2.45) is 7.05 Å². The molecule has 1 aromatic carbocycles. The molecule has 21 heavy (non-hydrogen) atoms. The number of hydrogen-bond donors (Lipinski definition) is 1. The van der Waals surface area contributed by atoms with Gasteiger partial charge in [0.25, 0.3) is 0 Å². The molecule has 0 radical (unpaired) electrons. The minimum Gasteiger partial charge on any atom is -0.385 e. The zero-order valence-electron chi connectivity index (χ0n) is 11.2. The molecule has 0 bridgehead atoms. The predicted octanol–water partition coefficient (Wildman–Crippen LogP) is 1.47. The van der Waals surface area contributed by atoms with Gasteiger partial charge in [0.2, 0.25) is 9.84 Å². The van der Waals surface area contributed by atoms with Crippen molar-refractivity contribution in [3.05, 3.63) is 36.4 Å². The summed E-state index contributed by atoms with van der Waals surface area (Å²) in [5.74, 6) is -2.60. The number of aryl methyl sites for hydroxylation is 1. The van der Waals surface area contributed by atoms with Gasteiger partial charge in [-0.25, -0.2) is 8.42 Å². The number of hydrogen-bond acceptors (Lipinski definition) is 5. The summed E-state index contributed by atoms with van der Waals surface area (Å²) in [5, 5.41) is 10.7. The Hall–Kier alpha value is -2.03. The minimum atomic E-state index is -4.54. The number of nitrogens with one attached hydrogen (secondary N) is 1. The molecule has 9 heteroatoms. The van der Waals surface area contributed by atoms with Crippen molar-refractivity contribution in [2.45, 2.75) is 17.1 Å². The van der Waals surface area contributed by atoms with Gasteiger partial charge in [-0.05, 0) is 24.3 Å². The summed E-state index contributed by atoms with van der Waals surface area (Å²) in [4.78, 5) is -0.392. The van der Waals surface area contributed by atoms with Gasteiger partial charge in [-0.1, -0.05) is 0 Å². The largest absolute Gasteiger partial charge is 0.385 e. The molecule has 0 spiro atoms. The van der Waals surface area contributed by atoms with E-state index in [-0.39, 0.29) is 0 Å². The highest BCUT2D eigenvalue weighted by Crippen LogP contribution is 2.20. The summed E-state index contributed by atoms with van der Waals surface area (Å²) in [6, 6.07) is 5.22. The number of benzene rings is 1. The summed E-state index contributed by atoms with van der Waals surface area (Å²) >= 11 is 0. The molecule has 0 atom stereocenters. The molecule has 1 heterocycles. The lowest BCUT2D eigenvalue weighted by Gasteiger charge is -2.07. The molecular weight excluding hydrogens is 302 g/mol. The average molecular weight is 316 g/mol. The summed E-state index contributed by atoms with van der Waals surface area (Å²) in [6.07, 6.45) is 2.23. The van der Waals surface area contributed by atoms with Crippen molar-refractivity contribution in [2.75, 3.05) is 11.9 Å². The van der Waals surface area contributed by atoms with E-state index in [1.165, 1.54) is 12.1 Å². The van der Waals surface area contributed by atoms with Crippen LogP contribution in [0.4, 0.5) is 14.5 Å². The Morgan fingerprint density at radius 3 is 2.48 bits per heavy atom. The van der Waals surface area contributed by atoms with Crippen LogP contribution in [-0.2, 0) is 23.3 Å². The molecule has 2 rings (SSSR count). The summed E-state index contributed by atoms with van der Waals surface area (Å²) in [7, 11) is -2.71. The first kappa shape index (κ1) is 15.4. The van der Waals surface area contributed by atoms with Crippen molar-refractivity contribution in [1.82, 2.24) is 14.8 Å². The molecule has 0 aliphatic heterocycles. The van der Waals surface area contributed by atoms with Gasteiger partial charge in [0, 0.05) is 25.7 Å². The zero-order valence-corrected chi connectivity index (χ0v) is 12.0. The van der Waals surface area contributed by atoms with E-state index in [9.17, 15) is 17.2 Å². The van der Waals surface area contributed by atoms with Crippen LogP contribution < -0.4 is 5.32 Å². The predicted molar refractivity (Wildman–Crippen MR) is 72.8 cm³/mol. The van der Waals surface area contributed by atoms with Crippen LogP contribution in [0, 0.1) is 0 Å². The lowest BCUT2D eigenvalue weighted by molar-refractivity contribution is 0.234. The summed E-state index contributed by atoms with van der Waals surface area (Å²) < 4.78 is 49.1. The molecule has 0 unspecified atom stereocenters. The molecule has 0 aliphatic rings. The van der Waals surface area contributed by atoms with Gasteiger partial charge < -0.3 is 9.88 Å². The molecule has 114 valence electrons. The molecule has 0 saturated carbocycles. The Labute approximate surface area is 120 Å². The van der Waals surface area contributed by atoms with E-state index in [1.54, 1.807) is 10.9 Å². The van der Waals surface area contributed by atoms with Crippen molar-refractivity contribution in [1.29, 1.82) is 0 Å². The van der Waals surface area contributed by atoms with Gasteiger partial charge in [0.1, 0.15) is 12.2 Å². The van der Waals surface area contributed by atoms with Gasteiger partial charge in [0.15, 0.2) is 0 Å². The van der Waals surface area contributed by atoms with Crippen molar-refractivity contribution in [3.63, 3.8) is 0 Å². The fourth-order valence-electron chi connectivity index (χ4n) is 1.72. The fraction of sp³-hybridized carbons (Fsp3) is 0.333. The topological polar surface area (TPSA) is 76.9 Å². The minimum absolute atomic E-state index is 0.392. The molecule has 1 aromatic heterocycles. The van der Waals surface area contributed by atoms with Crippen LogP contribution in [0.15, 0.2) is 35.5 Å². The summed E-state index contributed by atoms with van der Waals surface area (Å²) in [5.41, 5.74) is 0.644. The second-order valence-electron chi connectivity index (χ2n) is 4.36. The number of rotatable bonds is 6. The zero-order chi connectivity index (χ0) is 15.5. The molecule has 0 fully saturated rings. The Kier molecular flexibility index (Phi) is 4.51. The smallest absolute Gasteiger partial charge is 0.341 e. The summed E-state index contributed by atoms with van der Waals surface area (Å²) in [6.45, 7) is 0.563. The van der Waals surface area contributed by atoms with Crippen LogP contribution in [0.2, 0.25) is 0 Å². The Morgan fingerprint density at radius 2 is 1.95 bits per heavy atom. The Balaban J connectivity index is 1.96. The highest BCUT2D eigenvalue weighted by Gasteiger charge is 2.26. The molecule has 2 aromatic rings. The van der Waals surface area contributed by atoms with E-state index < -0.39 is 20.5 Å². The SMILES string of the molecule is Cn1cnnc1CCNc1ccc(S(=O)(=O)C(F)F)cc1. The third-order valence-corrected chi connectivity index (χ3v) is 4.30. The second kappa shape index (κ2) is 6.17. The Bertz CT molecular complexity index is 698. The standard InChI is InChI=1S/C12H14F2N4O2S/c1-18-8-16-17-11(18)6-7-15-9-2-4-10(5-3-9)21(19,20)12(13)14/h2-5,8,12,15H,6-7H2,1H3. The van der Waals surface area contributed by atoms with Crippen LogP contribution >= 0.6 is 0 Å². The Morgan fingerprint density at radius 1 is 1.29 bits per heavy atom. The van der Waals surface area contributed by atoms with Crippen molar-refractivity contribution >= 4 is 15.5 Å². The number of anilines is 1. The molecular formula is C12H14F2N4O2S. The first-order chi connectivity index (χ1) is 9.91. The third-order valence-electron chi connectivity index (χ3n) is 2.90.